The molecule has 15 heteroatoms. The van der Waals surface area contributed by atoms with Crippen LogP contribution >= 0.6 is 0 Å². The predicted molar refractivity (Wildman–Crippen MR) is 174 cm³/mol. The number of hydrogen-bond acceptors (Lipinski definition) is 14. The summed E-state index contributed by atoms with van der Waals surface area (Å²) in [6.07, 6.45) is 1.23. The van der Waals surface area contributed by atoms with Crippen LogP contribution < -0.4 is 0 Å². The molecule has 0 aliphatic heterocycles. The smallest absolute Gasteiger partial charge is 0.305 e. The van der Waals surface area contributed by atoms with Crippen molar-refractivity contribution in [2.45, 2.75) is 39.4 Å². The maximum absolute atomic E-state index is 11.2. The lowest BCUT2D eigenvalue weighted by atomic mass is 10.3. The second kappa shape index (κ2) is 37.0. The Morgan fingerprint density at radius 3 is 0.804 bits per heavy atom. The van der Waals surface area contributed by atoms with Crippen molar-refractivity contribution in [3.8, 4) is 0 Å². The molecule has 0 amide bonds. The standard InChI is InChI=1S/C31H64O14Si/c1-5-6-31(32)44-29-27-42-25-23-40-21-19-38-17-15-36-13-11-34-9-7-33-8-10-35-12-14-37-16-18-39-20-22-41-24-26-43-28-30-45-46(2,3)4/h5-30H2,1-4H3. The molecular weight excluding hydrogens is 624 g/mol. The minimum absolute atomic E-state index is 0.188. The van der Waals surface area contributed by atoms with Crippen LogP contribution in [0.1, 0.15) is 19.8 Å². The lowest BCUT2D eigenvalue weighted by molar-refractivity contribution is -0.145. The van der Waals surface area contributed by atoms with Crippen LogP contribution in [0.5, 0.6) is 0 Å². The van der Waals surface area contributed by atoms with Crippen molar-refractivity contribution in [3.05, 3.63) is 0 Å². The number of carbonyl (C=O) groups excluding carboxylic acids is 1. The average Bonchev–Trinajstić information content (AvgIpc) is 3.02. The molecule has 0 bridgehead atoms. The van der Waals surface area contributed by atoms with Crippen molar-refractivity contribution in [2.75, 3.05) is 159 Å². The van der Waals surface area contributed by atoms with E-state index in [-0.39, 0.29) is 12.6 Å². The maximum atomic E-state index is 11.2. The molecule has 46 heavy (non-hydrogen) atoms. The molecule has 0 aromatic rings. The normalized spacial score (nSPS) is 11.8. The van der Waals surface area contributed by atoms with Gasteiger partial charge in [-0.3, -0.25) is 4.79 Å². The zero-order valence-corrected chi connectivity index (χ0v) is 30.1. The molecule has 0 spiro atoms. The molecule has 0 fully saturated rings. The van der Waals surface area contributed by atoms with Gasteiger partial charge in [-0.1, -0.05) is 6.92 Å². The van der Waals surface area contributed by atoms with Gasteiger partial charge >= 0.3 is 5.97 Å². The second-order valence-electron chi connectivity index (χ2n) is 10.7. The molecular formula is C31H64O14Si. The van der Waals surface area contributed by atoms with Crippen LogP contribution in [0.2, 0.25) is 19.6 Å². The van der Waals surface area contributed by atoms with E-state index < -0.39 is 8.32 Å². The Balaban J connectivity index is 3.07. The lowest BCUT2D eigenvalue weighted by Crippen LogP contribution is -2.27. The molecule has 0 N–H and O–H groups in total. The summed E-state index contributed by atoms with van der Waals surface area (Å²) in [6, 6.07) is 0. The SMILES string of the molecule is CCCC(=O)OCCOCCOCCOCCOCCOCCOCCOCCOCCOCCOCCOCCO[Si](C)(C)C. The van der Waals surface area contributed by atoms with Crippen molar-refractivity contribution >= 4 is 14.3 Å². The van der Waals surface area contributed by atoms with Crippen molar-refractivity contribution in [2.24, 2.45) is 0 Å². The number of carbonyl (C=O) groups is 1. The van der Waals surface area contributed by atoms with Gasteiger partial charge in [-0.25, -0.2) is 0 Å². The molecule has 0 unspecified atom stereocenters. The Bertz CT molecular complexity index is 612. The Hall–Kier alpha value is -0.793. The third-order valence-corrected chi connectivity index (χ3v) is 6.50. The minimum Gasteiger partial charge on any atom is -0.463 e. The van der Waals surface area contributed by atoms with E-state index in [4.69, 9.17) is 61.3 Å². The maximum Gasteiger partial charge on any atom is 0.305 e. The zero-order chi connectivity index (χ0) is 33.7. The first-order valence-electron chi connectivity index (χ1n) is 16.6. The van der Waals surface area contributed by atoms with Gasteiger partial charge in [0.1, 0.15) is 6.61 Å². The molecule has 0 aliphatic rings. The van der Waals surface area contributed by atoms with Gasteiger partial charge in [-0.2, -0.15) is 0 Å². The van der Waals surface area contributed by atoms with E-state index in [1.54, 1.807) is 0 Å². The minimum atomic E-state index is -1.45. The summed E-state index contributed by atoms with van der Waals surface area (Å²) in [4.78, 5) is 11.2. The fraction of sp³-hybridized carbons (Fsp3) is 0.968. The van der Waals surface area contributed by atoms with Crippen molar-refractivity contribution in [1.82, 2.24) is 0 Å². The molecule has 0 aromatic heterocycles. The van der Waals surface area contributed by atoms with E-state index in [9.17, 15) is 4.79 Å². The molecule has 0 aliphatic carbocycles. The first kappa shape index (κ1) is 45.2. The molecule has 0 saturated carbocycles. The van der Waals surface area contributed by atoms with Crippen LogP contribution in [-0.2, 0) is 66.1 Å². The van der Waals surface area contributed by atoms with Gasteiger partial charge in [0.05, 0.1) is 152 Å². The Morgan fingerprint density at radius 1 is 0.370 bits per heavy atom. The topological polar surface area (TPSA) is 137 Å². The van der Waals surface area contributed by atoms with Gasteiger partial charge in [0.2, 0.25) is 0 Å². The molecule has 0 saturated heterocycles. The summed E-state index contributed by atoms with van der Waals surface area (Å²) >= 11 is 0. The van der Waals surface area contributed by atoms with Crippen molar-refractivity contribution in [3.63, 3.8) is 0 Å². The first-order chi connectivity index (χ1) is 22.5. The van der Waals surface area contributed by atoms with E-state index in [1.165, 1.54) is 0 Å². The Kier molecular flexibility index (Phi) is 36.4. The highest BCUT2D eigenvalue weighted by atomic mass is 28.4. The highest BCUT2D eigenvalue weighted by Crippen LogP contribution is 2.01. The third-order valence-electron chi connectivity index (χ3n) is 5.43. The highest BCUT2D eigenvalue weighted by Gasteiger charge is 2.13. The summed E-state index contributed by atoms with van der Waals surface area (Å²) in [6.45, 7) is 20.4. The van der Waals surface area contributed by atoms with Crippen LogP contribution in [0, 0.1) is 0 Å². The summed E-state index contributed by atoms with van der Waals surface area (Å²) < 4.78 is 70.7. The fourth-order valence-electron chi connectivity index (χ4n) is 3.20. The summed E-state index contributed by atoms with van der Waals surface area (Å²) in [7, 11) is -1.45. The third kappa shape index (κ3) is 41.2. The summed E-state index contributed by atoms with van der Waals surface area (Å²) in [5.74, 6) is -0.188. The van der Waals surface area contributed by atoms with Gasteiger partial charge in [-0.05, 0) is 26.1 Å². The monoisotopic (exact) mass is 688 g/mol. The molecule has 0 rings (SSSR count). The summed E-state index contributed by atoms with van der Waals surface area (Å²) in [5, 5.41) is 0. The first-order valence-corrected chi connectivity index (χ1v) is 20.0. The Morgan fingerprint density at radius 2 is 0.587 bits per heavy atom. The predicted octanol–water partition coefficient (Wildman–Crippen LogP) is 2.36. The van der Waals surface area contributed by atoms with Gasteiger partial charge < -0.3 is 61.3 Å². The highest BCUT2D eigenvalue weighted by molar-refractivity contribution is 6.69. The van der Waals surface area contributed by atoms with Crippen molar-refractivity contribution < 1.29 is 66.1 Å². The molecule has 0 radical (unpaired) electrons. The second-order valence-corrected chi connectivity index (χ2v) is 15.2. The number of rotatable bonds is 39. The number of esters is 1. The van der Waals surface area contributed by atoms with E-state index in [2.05, 4.69) is 19.6 Å². The quantitative estimate of drug-likeness (QED) is 0.0531. The number of ether oxygens (including phenoxy) is 12. The van der Waals surface area contributed by atoms with Crippen molar-refractivity contribution in [1.29, 1.82) is 0 Å². The van der Waals surface area contributed by atoms with Crippen LogP contribution in [0.3, 0.4) is 0 Å². The van der Waals surface area contributed by atoms with E-state index in [0.29, 0.717) is 158 Å². The lowest BCUT2D eigenvalue weighted by Gasteiger charge is -2.16. The van der Waals surface area contributed by atoms with Crippen LogP contribution in [-0.4, -0.2) is 173 Å². The Labute approximate surface area is 278 Å². The van der Waals surface area contributed by atoms with Gasteiger partial charge in [0.15, 0.2) is 8.32 Å². The van der Waals surface area contributed by atoms with Crippen LogP contribution in [0.4, 0.5) is 0 Å². The largest absolute Gasteiger partial charge is 0.463 e. The fourth-order valence-corrected chi connectivity index (χ4v) is 3.89. The van der Waals surface area contributed by atoms with Gasteiger partial charge in [0, 0.05) is 6.42 Å². The zero-order valence-electron chi connectivity index (χ0n) is 29.1. The summed E-state index contributed by atoms with van der Waals surface area (Å²) in [5.41, 5.74) is 0. The van der Waals surface area contributed by atoms with Gasteiger partial charge in [0.25, 0.3) is 0 Å². The van der Waals surface area contributed by atoms with E-state index >= 15 is 0 Å². The molecule has 14 nitrogen and oxygen atoms in total. The number of hydrogen-bond donors (Lipinski definition) is 0. The molecule has 0 aromatic carbocycles. The molecule has 0 atom stereocenters. The van der Waals surface area contributed by atoms with Gasteiger partial charge in [-0.15, -0.1) is 0 Å². The molecule has 0 heterocycles. The van der Waals surface area contributed by atoms with E-state index in [0.717, 1.165) is 6.42 Å². The van der Waals surface area contributed by atoms with Crippen LogP contribution in [0.25, 0.3) is 0 Å². The molecule has 276 valence electrons. The van der Waals surface area contributed by atoms with Crippen LogP contribution in [0.15, 0.2) is 0 Å². The van der Waals surface area contributed by atoms with E-state index in [1.807, 2.05) is 6.92 Å². The average molecular weight is 689 g/mol.